The van der Waals surface area contributed by atoms with E-state index in [2.05, 4.69) is 15.3 Å². The smallest absolute Gasteiger partial charge is 0.253 e. The molecule has 1 aliphatic heterocycles. The highest BCUT2D eigenvalue weighted by Crippen LogP contribution is 2.34. The summed E-state index contributed by atoms with van der Waals surface area (Å²) in [4.78, 5) is 31.5. The molecule has 2 aromatic carbocycles. The van der Waals surface area contributed by atoms with E-state index in [0.717, 1.165) is 35.6 Å². The van der Waals surface area contributed by atoms with Crippen LogP contribution in [0.3, 0.4) is 0 Å². The maximum absolute atomic E-state index is 14.1. The summed E-state index contributed by atoms with van der Waals surface area (Å²) in [7, 11) is 3.94. The Morgan fingerprint density at radius 1 is 1.02 bits per heavy atom. The number of fused-ring (bicyclic) bond motifs is 1. The van der Waals surface area contributed by atoms with Gasteiger partial charge in [-0.1, -0.05) is 0 Å². The molecule has 11 heteroatoms. The predicted molar refractivity (Wildman–Crippen MR) is 153 cm³/mol. The van der Waals surface area contributed by atoms with Crippen molar-refractivity contribution in [1.82, 2.24) is 24.3 Å². The lowest BCUT2D eigenvalue weighted by Gasteiger charge is -2.32. The van der Waals surface area contributed by atoms with E-state index in [0.29, 0.717) is 47.2 Å². The number of nitrogens with zero attached hydrogens (tertiary/aromatic N) is 6. The van der Waals surface area contributed by atoms with Crippen LogP contribution in [0.2, 0.25) is 0 Å². The molecule has 5 aromatic rings. The highest BCUT2D eigenvalue weighted by atomic mass is 32.1. The Kier molecular flexibility index (Phi) is 6.89. The number of hydrogen-bond donors (Lipinski definition) is 1. The number of benzene rings is 2. The molecule has 1 aliphatic rings. The molecule has 0 aliphatic carbocycles. The molecule has 0 atom stereocenters. The lowest BCUT2D eigenvalue weighted by Crippen LogP contribution is -2.42. The van der Waals surface area contributed by atoms with Gasteiger partial charge in [-0.15, -0.1) is 11.3 Å². The summed E-state index contributed by atoms with van der Waals surface area (Å²) >= 11 is 1.45. The fourth-order valence-electron chi connectivity index (χ4n) is 4.93. The third-order valence-electron chi connectivity index (χ3n) is 7.10. The molecule has 1 fully saturated rings. The van der Waals surface area contributed by atoms with Crippen molar-refractivity contribution in [3.05, 3.63) is 83.5 Å². The SMILES string of the molecule is CN(C)c1ccc(C(=O)N2CCC(Nc3nccc(-c4c(-c5ccc(F)c(F)c5)nc5sccn45)n3)CC2)cc1. The lowest BCUT2D eigenvalue weighted by atomic mass is 10.0. The van der Waals surface area contributed by atoms with Crippen LogP contribution in [0.4, 0.5) is 20.4 Å². The number of halogens is 2. The van der Waals surface area contributed by atoms with Crippen LogP contribution < -0.4 is 10.2 Å². The first kappa shape index (κ1) is 25.9. The lowest BCUT2D eigenvalue weighted by molar-refractivity contribution is 0.0718. The third kappa shape index (κ3) is 5.00. The number of imidazole rings is 1. The predicted octanol–water partition coefficient (Wildman–Crippen LogP) is 5.58. The minimum Gasteiger partial charge on any atom is -0.378 e. The largest absolute Gasteiger partial charge is 0.378 e. The number of hydrogen-bond acceptors (Lipinski definition) is 7. The minimum atomic E-state index is -0.930. The van der Waals surface area contributed by atoms with Crippen LogP contribution in [-0.2, 0) is 0 Å². The van der Waals surface area contributed by atoms with Gasteiger partial charge in [0.1, 0.15) is 5.69 Å². The van der Waals surface area contributed by atoms with E-state index in [-0.39, 0.29) is 11.9 Å². The summed E-state index contributed by atoms with van der Waals surface area (Å²) in [5.41, 5.74) is 4.00. The number of piperidine rings is 1. The quantitative estimate of drug-likeness (QED) is 0.293. The monoisotopic (exact) mass is 559 g/mol. The number of amides is 1. The number of rotatable bonds is 6. The summed E-state index contributed by atoms with van der Waals surface area (Å²) in [6.07, 6.45) is 5.07. The Labute approximate surface area is 233 Å². The molecule has 0 radical (unpaired) electrons. The Bertz CT molecular complexity index is 1670. The van der Waals surface area contributed by atoms with Crippen molar-refractivity contribution in [3.8, 4) is 22.6 Å². The summed E-state index contributed by atoms with van der Waals surface area (Å²) in [6.45, 7) is 1.26. The fourth-order valence-corrected chi connectivity index (χ4v) is 5.64. The Morgan fingerprint density at radius 3 is 2.52 bits per heavy atom. The minimum absolute atomic E-state index is 0.0345. The molecule has 3 aromatic heterocycles. The Balaban J connectivity index is 1.18. The van der Waals surface area contributed by atoms with Crippen LogP contribution in [0.25, 0.3) is 27.6 Å². The second-order valence-corrected chi connectivity index (χ2v) is 10.8. The van der Waals surface area contributed by atoms with Gasteiger partial charge in [0.2, 0.25) is 5.95 Å². The zero-order chi connectivity index (χ0) is 27.8. The summed E-state index contributed by atoms with van der Waals surface area (Å²) in [6, 6.07) is 13.3. The number of carbonyl (C=O) groups is 1. The van der Waals surface area contributed by atoms with Gasteiger partial charge >= 0.3 is 0 Å². The fraction of sp³-hybridized carbons (Fsp3) is 0.241. The van der Waals surface area contributed by atoms with E-state index in [1.807, 2.05) is 64.1 Å². The Morgan fingerprint density at radius 2 is 1.80 bits per heavy atom. The third-order valence-corrected chi connectivity index (χ3v) is 7.86. The number of carbonyl (C=O) groups excluding carboxylic acids is 1. The first-order valence-corrected chi connectivity index (χ1v) is 13.8. The molecule has 40 heavy (non-hydrogen) atoms. The second-order valence-electron chi connectivity index (χ2n) is 9.91. The van der Waals surface area contributed by atoms with Crippen molar-refractivity contribution in [2.24, 2.45) is 0 Å². The first-order valence-electron chi connectivity index (χ1n) is 12.9. The number of thiazole rings is 1. The Hall–Kier alpha value is -4.38. The molecular formula is C29H27F2N7OS. The normalized spacial score (nSPS) is 14.1. The number of anilines is 2. The average Bonchev–Trinajstić information content (AvgIpc) is 3.56. The van der Waals surface area contributed by atoms with E-state index in [9.17, 15) is 13.6 Å². The molecule has 1 saturated heterocycles. The molecule has 1 amide bonds. The molecule has 0 saturated carbocycles. The second kappa shape index (κ2) is 10.6. The van der Waals surface area contributed by atoms with E-state index < -0.39 is 11.6 Å². The highest BCUT2D eigenvalue weighted by Gasteiger charge is 2.25. The van der Waals surface area contributed by atoms with Crippen molar-refractivity contribution in [1.29, 1.82) is 0 Å². The molecule has 0 spiro atoms. The molecule has 204 valence electrons. The van der Waals surface area contributed by atoms with E-state index in [4.69, 9.17) is 4.98 Å². The van der Waals surface area contributed by atoms with Crippen molar-refractivity contribution >= 4 is 33.8 Å². The van der Waals surface area contributed by atoms with Crippen molar-refractivity contribution in [3.63, 3.8) is 0 Å². The van der Waals surface area contributed by atoms with Crippen LogP contribution in [0, 0.1) is 11.6 Å². The molecular weight excluding hydrogens is 532 g/mol. The number of aromatic nitrogens is 4. The summed E-state index contributed by atoms with van der Waals surface area (Å²) in [5, 5.41) is 5.33. The van der Waals surface area contributed by atoms with Crippen LogP contribution >= 0.6 is 11.3 Å². The number of nitrogens with one attached hydrogen (secondary N) is 1. The maximum atomic E-state index is 14.1. The first-order chi connectivity index (χ1) is 19.4. The molecule has 1 N–H and O–H groups in total. The standard InChI is InChI=1S/C29H27F2N7OS/c1-36(2)21-6-3-18(4-7-21)27(39)37-13-10-20(11-14-37)33-28-32-12-9-24(34-28)26-25(35-29-38(26)15-16-40-29)19-5-8-22(30)23(31)17-19/h3-9,12,15-17,20H,10-11,13-14H2,1-2H3,(H,32,33,34). The summed E-state index contributed by atoms with van der Waals surface area (Å²) < 4.78 is 29.5. The van der Waals surface area contributed by atoms with Crippen molar-refractivity contribution < 1.29 is 13.6 Å². The zero-order valence-corrected chi connectivity index (χ0v) is 22.8. The van der Waals surface area contributed by atoms with Gasteiger partial charge in [-0.25, -0.2) is 23.7 Å². The van der Waals surface area contributed by atoms with Crippen molar-refractivity contribution in [2.45, 2.75) is 18.9 Å². The van der Waals surface area contributed by atoms with Gasteiger partial charge in [-0.3, -0.25) is 9.20 Å². The highest BCUT2D eigenvalue weighted by molar-refractivity contribution is 7.15. The molecule has 6 rings (SSSR count). The van der Waals surface area contributed by atoms with Gasteiger partial charge in [0, 0.05) is 67.8 Å². The topological polar surface area (TPSA) is 78.7 Å². The maximum Gasteiger partial charge on any atom is 0.253 e. The van der Waals surface area contributed by atoms with Crippen LogP contribution in [0.15, 0.2) is 66.3 Å². The van der Waals surface area contributed by atoms with E-state index >= 15 is 0 Å². The van der Waals surface area contributed by atoms with Gasteiger partial charge in [-0.05, 0) is 61.4 Å². The van der Waals surface area contributed by atoms with Gasteiger partial charge in [0.05, 0.1) is 11.4 Å². The van der Waals surface area contributed by atoms with Crippen LogP contribution in [0.1, 0.15) is 23.2 Å². The zero-order valence-electron chi connectivity index (χ0n) is 22.0. The van der Waals surface area contributed by atoms with Crippen molar-refractivity contribution in [2.75, 3.05) is 37.4 Å². The van der Waals surface area contributed by atoms with Gasteiger partial charge in [0.15, 0.2) is 16.6 Å². The van der Waals surface area contributed by atoms with Gasteiger partial charge in [-0.2, -0.15) is 0 Å². The van der Waals surface area contributed by atoms with Gasteiger partial charge < -0.3 is 15.1 Å². The van der Waals surface area contributed by atoms with Crippen LogP contribution in [0.5, 0.6) is 0 Å². The number of likely N-dealkylation sites (tertiary alicyclic amines) is 1. The van der Waals surface area contributed by atoms with E-state index in [1.165, 1.54) is 17.4 Å². The molecule has 0 bridgehead atoms. The average molecular weight is 560 g/mol. The van der Waals surface area contributed by atoms with Gasteiger partial charge in [0.25, 0.3) is 5.91 Å². The summed E-state index contributed by atoms with van der Waals surface area (Å²) in [5.74, 6) is -1.34. The molecule has 4 heterocycles. The molecule has 0 unspecified atom stereocenters. The van der Waals surface area contributed by atoms with E-state index in [1.54, 1.807) is 12.3 Å². The van der Waals surface area contributed by atoms with Crippen LogP contribution in [-0.4, -0.2) is 63.4 Å². The molecule has 8 nitrogen and oxygen atoms in total.